The fourth-order valence-electron chi connectivity index (χ4n) is 1.71. The molecule has 20 heavy (non-hydrogen) atoms. The topological polar surface area (TPSA) is 3.24 Å². The van der Waals surface area contributed by atoms with Gasteiger partial charge in [-0.3, -0.25) is 4.90 Å². The highest BCUT2D eigenvalue weighted by atomic mass is 15.1. The summed E-state index contributed by atoms with van der Waals surface area (Å²) in [6.45, 7) is 12.2. The molecule has 1 nitrogen and oxygen atoms in total. The zero-order valence-electron chi connectivity index (χ0n) is 13.1. The number of hydrogen-bond donors (Lipinski definition) is 0. The van der Waals surface area contributed by atoms with Crippen LogP contribution in [-0.2, 0) is 0 Å². The smallest absolute Gasteiger partial charge is 0.0234 e. The van der Waals surface area contributed by atoms with Crippen LogP contribution in [0.15, 0.2) is 49.1 Å². The van der Waals surface area contributed by atoms with Gasteiger partial charge in [0, 0.05) is 18.5 Å². The normalized spacial score (nSPS) is 11.4. The molecule has 1 aromatic carbocycles. The number of nitrogens with zero attached hydrogens (tertiary/aromatic N) is 1. The van der Waals surface area contributed by atoms with Crippen LogP contribution >= 0.6 is 0 Å². The predicted octanol–water partition coefficient (Wildman–Crippen LogP) is 4.24. The maximum atomic E-state index is 4.15. The van der Waals surface area contributed by atoms with Crippen molar-refractivity contribution in [1.82, 2.24) is 4.90 Å². The summed E-state index contributed by atoms with van der Waals surface area (Å²) < 4.78 is 0. The quantitative estimate of drug-likeness (QED) is 0.721. The highest BCUT2D eigenvalue weighted by molar-refractivity contribution is 5.64. The second-order valence-electron chi connectivity index (χ2n) is 6.09. The molecule has 0 radical (unpaired) electrons. The Hall–Kier alpha value is -1.78. The molecule has 0 fully saturated rings. The highest BCUT2D eigenvalue weighted by Gasteiger charge is 2.03. The summed E-state index contributed by atoms with van der Waals surface area (Å²) in [6, 6.07) is 10.3. The van der Waals surface area contributed by atoms with Crippen LogP contribution in [0.5, 0.6) is 0 Å². The molecular weight excluding hydrogens is 242 g/mol. The van der Waals surface area contributed by atoms with E-state index in [1.54, 1.807) is 0 Å². The van der Waals surface area contributed by atoms with E-state index in [4.69, 9.17) is 0 Å². The molecule has 0 N–H and O–H groups in total. The van der Waals surface area contributed by atoms with Crippen molar-refractivity contribution in [2.75, 3.05) is 20.1 Å². The van der Waals surface area contributed by atoms with Gasteiger partial charge in [-0.05, 0) is 45.0 Å². The van der Waals surface area contributed by atoms with Gasteiger partial charge in [0.25, 0.3) is 0 Å². The maximum Gasteiger partial charge on any atom is 0.0234 e. The molecule has 0 saturated heterocycles. The van der Waals surface area contributed by atoms with E-state index >= 15 is 0 Å². The summed E-state index contributed by atoms with van der Waals surface area (Å²) in [7, 11) is 2.09. The SMILES string of the molecule is C=C(CN(C)CC=CC#CC(C)(C)C)c1ccccc1. The summed E-state index contributed by atoms with van der Waals surface area (Å²) in [5, 5.41) is 0. The van der Waals surface area contributed by atoms with E-state index in [1.165, 1.54) is 5.56 Å². The number of allylic oxidation sites excluding steroid dienone is 1. The molecule has 0 heterocycles. The molecule has 106 valence electrons. The first-order valence-corrected chi connectivity index (χ1v) is 6.98. The van der Waals surface area contributed by atoms with Crippen molar-refractivity contribution in [1.29, 1.82) is 0 Å². The summed E-state index contributed by atoms with van der Waals surface area (Å²) in [5.41, 5.74) is 2.41. The average Bonchev–Trinajstić information content (AvgIpc) is 2.38. The Morgan fingerprint density at radius 1 is 1.25 bits per heavy atom. The lowest BCUT2D eigenvalue weighted by molar-refractivity contribution is 0.419. The van der Waals surface area contributed by atoms with Crippen LogP contribution in [0.1, 0.15) is 26.3 Å². The average molecular weight is 267 g/mol. The van der Waals surface area contributed by atoms with Crippen LogP contribution in [0.4, 0.5) is 0 Å². The number of hydrogen-bond acceptors (Lipinski definition) is 1. The van der Waals surface area contributed by atoms with Gasteiger partial charge in [0.15, 0.2) is 0 Å². The van der Waals surface area contributed by atoms with Crippen molar-refractivity contribution in [2.45, 2.75) is 20.8 Å². The van der Waals surface area contributed by atoms with Crippen molar-refractivity contribution in [3.8, 4) is 11.8 Å². The first-order valence-electron chi connectivity index (χ1n) is 6.98. The van der Waals surface area contributed by atoms with Crippen molar-refractivity contribution >= 4 is 5.57 Å². The Morgan fingerprint density at radius 2 is 1.90 bits per heavy atom. The molecule has 1 aromatic rings. The number of likely N-dealkylation sites (N-methyl/N-ethyl adjacent to an activating group) is 1. The third kappa shape index (κ3) is 6.97. The van der Waals surface area contributed by atoms with E-state index in [1.807, 2.05) is 24.3 Å². The summed E-state index contributed by atoms with van der Waals surface area (Å²) in [5.74, 6) is 6.28. The van der Waals surface area contributed by atoms with Crippen molar-refractivity contribution in [2.24, 2.45) is 5.41 Å². The third-order valence-corrected chi connectivity index (χ3v) is 2.71. The minimum atomic E-state index is 0.0673. The van der Waals surface area contributed by atoms with Gasteiger partial charge < -0.3 is 0 Å². The first-order chi connectivity index (χ1) is 9.38. The maximum absolute atomic E-state index is 4.15. The van der Waals surface area contributed by atoms with Crippen molar-refractivity contribution < 1.29 is 0 Å². The summed E-state index contributed by atoms with van der Waals surface area (Å²) in [6.07, 6.45) is 4.03. The third-order valence-electron chi connectivity index (χ3n) is 2.71. The van der Waals surface area contributed by atoms with Gasteiger partial charge in [0.05, 0.1) is 0 Å². The lowest BCUT2D eigenvalue weighted by Gasteiger charge is -2.16. The Bertz CT molecular complexity index is 506. The van der Waals surface area contributed by atoms with Crippen LogP contribution in [0, 0.1) is 17.3 Å². The monoisotopic (exact) mass is 267 g/mol. The number of rotatable bonds is 5. The Labute approximate surface area is 124 Å². The molecule has 0 saturated carbocycles. The van der Waals surface area contributed by atoms with E-state index in [2.05, 4.69) is 69.3 Å². The molecule has 0 aliphatic heterocycles. The zero-order valence-corrected chi connectivity index (χ0v) is 13.1. The van der Waals surface area contributed by atoms with Gasteiger partial charge in [0.1, 0.15) is 0 Å². The predicted molar refractivity (Wildman–Crippen MR) is 89.3 cm³/mol. The van der Waals surface area contributed by atoms with Gasteiger partial charge in [-0.25, -0.2) is 0 Å². The molecule has 0 spiro atoms. The molecule has 0 bridgehead atoms. The van der Waals surface area contributed by atoms with Crippen LogP contribution in [0.2, 0.25) is 0 Å². The summed E-state index contributed by atoms with van der Waals surface area (Å²) >= 11 is 0. The molecule has 0 aliphatic carbocycles. The molecule has 0 aliphatic rings. The van der Waals surface area contributed by atoms with Crippen LogP contribution in [0.3, 0.4) is 0 Å². The van der Waals surface area contributed by atoms with E-state index in [-0.39, 0.29) is 5.41 Å². The van der Waals surface area contributed by atoms with E-state index in [0.29, 0.717) is 0 Å². The number of benzene rings is 1. The first kappa shape index (κ1) is 16.3. The minimum absolute atomic E-state index is 0.0673. The van der Waals surface area contributed by atoms with Crippen LogP contribution < -0.4 is 0 Å². The minimum Gasteiger partial charge on any atom is -0.298 e. The lowest BCUT2D eigenvalue weighted by Crippen LogP contribution is -2.20. The molecule has 1 heteroatoms. The molecule has 0 atom stereocenters. The molecule has 0 unspecified atom stereocenters. The van der Waals surface area contributed by atoms with Gasteiger partial charge in [0.2, 0.25) is 0 Å². The Kier molecular flexibility index (Phi) is 6.28. The van der Waals surface area contributed by atoms with Crippen LogP contribution in [0.25, 0.3) is 5.57 Å². The van der Waals surface area contributed by atoms with Crippen molar-refractivity contribution in [3.63, 3.8) is 0 Å². The molecule has 0 amide bonds. The van der Waals surface area contributed by atoms with E-state index < -0.39 is 0 Å². The second-order valence-corrected chi connectivity index (χ2v) is 6.09. The fourth-order valence-corrected chi connectivity index (χ4v) is 1.71. The van der Waals surface area contributed by atoms with E-state index in [0.717, 1.165) is 18.7 Å². The standard InChI is InChI=1S/C19H25N/c1-17(18-12-8-6-9-13-18)16-20(5)15-11-7-10-14-19(2,3)4/h6-9,11-13H,1,15-16H2,2-5H3. The Morgan fingerprint density at radius 3 is 2.50 bits per heavy atom. The molecular formula is C19H25N. The largest absolute Gasteiger partial charge is 0.298 e. The van der Waals surface area contributed by atoms with Gasteiger partial charge in [-0.15, -0.1) is 0 Å². The molecule has 0 aromatic heterocycles. The van der Waals surface area contributed by atoms with Crippen LogP contribution in [-0.4, -0.2) is 25.0 Å². The highest BCUT2D eigenvalue weighted by Crippen LogP contribution is 2.12. The lowest BCUT2D eigenvalue weighted by atomic mass is 9.98. The molecule has 1 rings (SSSR count). The second kappa shape index (κ2) is 7.72. The fraction of sp³-hybridized carbons (Fsp3) is 0.368. The van der Waals surface area contributed by atoms with Gasteiger partial charge >= 0.3 is 0 Å². The van der Waals surface area contributed by atoms with Crippen molar-refractivity contribution in [3.05, 3.63) is 54.6 Å². The summed E-state index contributed by atoms with van der Waals surface area (Å²) in [4.78, 5) is 2.23. The van der Waals surface area contributed by atoms with Gasteiger partial charge in [-0.2, -0.15) is 0 Å². The van der Waals surface area contributed by atoms with Gasteiger partial charge in [-0.1, -0.05) is 54.8 Å². The zero-order chi connectivity index (χ0) is 15.0. The Balaban J connectivity index is 2.40. The van der Waals surface area contributed by atoms with E-state index in [9.17, 15) is 0 Å².